The van der Waals surface area contributed by atoms with Crippen LogP contribution in [0.4, 0.5) is 4.39 Å². The van der Waals surface area contributed by atoms with Gasteiger partial charge in [-0.1, -0.05) is 29.8 Å². The first-order valence-electron chi connectivity index (χ1n) is 5.97. The van der Waals surface area contributed by atoms with Gasteiger partial charge in [0.05, 0.1) is 4.90 Å². The van der Waals surface area contributed by atoms with Crippen LogP contribution in [0.15, 0.2) is 53.4 Å². The van der Waals surface area contributed by atoms with E-state index in [9.17, 15) is 12.8 Å². The maximum absolute atomic E-state index is 12.7. The lowest BCUT2D eigenvalue weighted by atomic mass is 10.1. The maximum atomic E-state index is 12.7. The number of hydrogen-bond donors (Lipinski definition) is 1. The van der Waals surface area contributed by atoms with Crippen molar-refractivity contribution in [2.24, 2.45) is 0 Å². The van der Waals surface area contributed by atoms with Gasteiger partial charge in [0.2, 0.25) is 10.0 Å². The first-order chi connectivity index (χ1) is 9.47. The van der Waals surface area contributed by atoms with Crippen LogP contribution < -0.4 is 4.72 Å². The molecular formula is C14H13ClFNO2S. The summed E-state index contributed by atoms with van der Waals surface area (Å²) in [4.78, 5) is 0.129. The van der Waals surface area contributed by atoms with E-state index in [4.69, 9.17) is 11.6 Å². The summed E-state index contributed by atoms with van der Waals surface area (Å²) in [7, 11) is -3.57. The van der Waals surface area contributed by atoms with E-state index in [1.807, 2.05) is 0 Å². The topological polar surface area (TPSA) is 46.2 Å². The van der Waals surface area contributed by atoms with Gasteiger partial charge in [-0.3, -0.25) is 0 Å². The molecule has 3 nitrogen and oxygen atoms in total. The summed E-state index contributed by atoms with van der Waals surface area (Å²) >= 11 is 5.77. The highest BCUT2D eigenvalue weighted by Crippen LogP contribution is 2.15. The summed E-state index contributed by atoms with van der Waals surface area (Å²) in [6, 6.07) is 12.0. The lowest BCUT2D eigenvalue weighted by molar-refractivity contribution is 0.581. The second kappa shape index (κ2) is 6.35. The molecule has 6 heteroatoms. The van der Waals surface area contributed by atoms with E-state index in [1.54, 1.807) is 24.3 Å². The summed E-state index contributed by atoms with van der Waals surface area (Å²) in [5, 5.41) is 0.367. The Kier molecular flexibility index (Phi) is 4.75. The third kappa shape index (κ3) is 4.03. The smallest absolute Gasteiger partial charge is 0.211 e. The van der Waals surface area contributed by atoms with Gasteiger partial charge in [0, 0.05) is 11.6 Å². The molecule has 1 N–H and O–H groups in total. The predicted molar refractivity (Wildman–Crippen MR) is 76.7 cm³/mol. The molecule has 0 saturated heterocycles. The van der Waals surface area contributed by atoms with Crippen molar-refractivity contribution in [2.45, 2.75) is 11.3 Å². The number of benzene rings is 2. The van der Waals surface area contributed by atoms with Crippen molar-refractivity contribution in [1.29, 1.82) is 0 Å². The summed E-state index contributed by atoms with van der Waals surface area (Å²) in [6.07, 6.45) is 0.486. The van der Waals surface area contributed by atoms with Gasteiger partial charge in [0.25, 0.3) is 0 Å². The summed E-state index contributed by atoms with van der Waals surface area (Å²) < 4.78 is 39.2. The van der Waals surface area contributed by atoms with Crippen LogP contribution in [0.25, 0.3) is 0 Å². The van der Waals surface area contributed by atoms with Gasteiger partial charge in [-0.05, 0) is 42.3 Å². The fourth-order valence-electron chi connectivity index (χ4n) is 1.70. The van der Waals surface area contributed by atoms with Crippen molar-refractivity contribution < 1.29 is 12.8 Å². The fourth-order valence-corrected chi connectivity index (χ4v) is 3.03. The molecule has 2 rings (SSSR count). The van der Waals surface area contributed by atoms with Crippen LogP contribution in [0, 0.1) is 5.82 Å². The van der Waals surface area contributed by atoms with Gasteiger partial charge < -0.3 is 0 Å². The molecule has 0 unspecified atom stereocenters. The minimum Gasteiger partial charge on any atom is -0.211 e. The molecule has 0 atom stereocenters. The Morgan fingerprint density at radius 3 is 2.45 bits per heavy atom. The van der Waals surface area contributed by atoms with Gasteiger partial charge in [-0.2, -0.15) is 0 Å². The Morgan fingerprint density at radius 1 is 1.10 bits per heavy atom. The zero-order valence-corrected chi connectivity index (χ0v) is 12.1. The van der Waals surface area contributed by atoms with Crippen molar-refractivity contribution in [3.8, 4) is 0 Å². The molecule has 2 aromatic carbocycles. The van der Waals surface area contributed by atoms with Crippen LogP contribution in [-0.2, 0) is 16.4 Å². The van der Waals surface area contributed by atoms with Crippen molar-refractivity contribution >= 4 is 21.6 Å². The molecule has 0 aliphatic carbocycles. The second-order valence-corrected chi connectivity index (χ2v) is 6.44. The average molecular weight is 314 g/mol. The average Bonchev–Trinajstić information content (AvgIpc) is 2.41. The summed E-state index contributed by atoms with van der Waals surface area (Å²) in [6.45, 7) is 0.237. The Balaban J connectivity index is 1.98. The molecule has 0 amide bonds. The first-order valence-corrected chi connectivity index (χ1v) is 7.83. The van der Waals surface area contributed by atoms with Crippen LogP contribution in [0.3, 0.4) is 0 Å². The molecule has 0 aliphatic heterocycles. The first kappa shape index (κ1) is 15.0. The van der Waals surface area contributed by atoms with E-state index in [-0.39, 0.29) is 17.3 Å². The van der Waals surface area contributed by atoms with Crippen LogP contribution >= 0.6 is 11.6 Å². The molecule has 20 heavy (non-hydrogen) atoms. The minimum atomic E-state index is -3.57. The maximum Gasteiger partial charge on any atom is 0.240 e. The number of hydrogen-bond acceptors (Lipinski definition) is 2. The number of nitrogens with one attached hydrogen (secondary N) is 1. The van der Waals surface area contributed by atoms with Gasteiger partial charge >= 0.3 is 0 Å². The van der Waals surface area contributed by atoms with Crippen molar-refractivity contribution in [1.82, 2.24) is 4.72 Å². The highest BCUT2D eigenvalue weighted by atomic mass is 35.5. The number of sulfonamides is 1. The van der Waals surface area contributed by atoms with Gasteiger partial charge in [-0.15, -0.1) is 0 Å². The largest absolute Gasteiger partial charge is 0.240 e. The standard InChI is InChI=1S/C14H13ClFNO2S/c15-12-2-1-3-14(10-12)20(18,19)17-9-8-11-4-6-13(16)7-5-11/h1-7,10,17H,8-9H2. The van der Waals surface area contributed by atoms with Gasteiger partial charge in [-0.25, -0.2) is 17.5 Å². The molecule has 0 aliphatic rings. The number of halogens is 2. The Hall–Kier alpha value is -1.43. The summed E-state index contributed by atoms with van der Waals surface area (Å²) in [5.74, 6) is -0.312. The van der Waals surface area contributed by atoms with Gasteiger partial charge in [0.15, 0.2) is 0 Å². The van der Waals surface area contributed by atoms with E-state index in [2.05, 4.69) is 4.72 Å². The molecule has 0 heterocycles. The molecule has 0 radical (unpaired) electrons. The minimum absolute atomic E-state index is 0.129. The Morgan fingerprint density at radius 2 is 1.80 bits per heavy atom. The fraction of sp³-hybridized carbons (Fsp3) is 0.143. The molecule has 106 valence electrons. The Bertz CT molecular complexity index is 687. The molecule has 0 bridgehead atoms. The zero-order valence-electron chi connectivity index (χ0n) is 10.5. The molecule has 0 spiro atoms. The third-order valence-electron chi connectivity index (χ3n) is 2.73. The van der Waals surface area contributed by atoms with E-state index in [1.165, 1.54) is 24.3 Å². The van der Waals surface area contributed by atoms with E-state index in [0.29, 0.717) is 11.4 Å². The van der Waals surface area contributed by atoms with E-state index >= 15 is 0 Å². The quantitative estimate of drug-likeness (QED) is 0.922. The van der Waals surface area contributed by atoms with E-state index < -0.39 is 10.0 Å². The predicted octanol–water partition coefficient (Wildman–Crippen LogP) is 3.00. The lowest BCUT2D eigenvalue weighted by Crippen LogP contribution is -2.26. The number of rotatable bonds is 5. The zero-order chi connectivity index (χ0) is 14.6. The normalized spacial score (nSPS) is 11.5. The highest BCUT2D eigenvalue weighted by molar-refractivity contribution is 7.89. The van der Waals surface area contributed by atoms with E-state index in [0.717, 1.165) is 5.56 Å². The van der Waals surface area contributed by atoms with Crippen LogP contribution in [-0.4, -0.2) is 15.0 Å². The van der Waals surface area contributed by atoms with Crippen molar-refractivity contribution in [3.63, 3.8) is 0 Å². The summed E-state index contributed by atoms with van der Waals surface area (Å²) in [5.41, 5.74) is 0.861. The third-order valence-corrected chi connectivity index (χ3v) is 4.42. The van der Waals surface area contributed by atoms with Crippen LogP contribution in [0.2, 0.25) is 5.02 Å². The lowest BCUT2D eigenvalue weighted by Gasteiger charge is -2.07. The van der Waals surface area contributed by atoms with Crippen molar-refractivity contribution in [3.05, 3.63) is 64.9 Å². The molecular weight excluding hydrogens is 301 g/mol. The highest BCUT2D eigenvalue weighted by Gasteiger charge is 2.13. The molecule has 0 aromatic heterocycles. The van der Waals surface area contributed by atoms with Crippen LogP contribution in [0.5, 0.6) is 0 Å². The SMILES string of the molecule is O=S(=O)(NCCc1ccc(F)cc1)c1cccc(Cl)c1. The molecule has 2 aromatic rings. The van der Waals surface area contributed by atoms with Crippen molar-refractivity contribution in [2.75, 3.05) is 6.54 Å². The molecule has 0 saturated carbocycles. The van der Waals surface area contributed by atoms with Crippen LogP contribution in [0.1, 0.15) is 5.56 Å². The van der Waals surface area contributed by atoms with Gasteiger partial charge in [0.1, 0.15) is 5.82 Å². The second-order valence-electron chi connectivity index (χ2n) is 4.23. The monoisotopic (exact) mass is 313 g/mol. The Labute approximate surface area is 122 Å². The molecule has 0 fully saturated rings.